The van der Waals surface area contributed by atoms with Gasteiger partial charge in [-0.2, -0.15) is 0 Å². The van der Waals surface area contributed by atoms with E-state index in [9.17, 15) is 4.79 Å². The highest BCUT2D eigenvalue weighted by Gasteiger charge is 2.22. The summed E-state index contributed by atoms with van der Waals surface area (Å²) >= 11 is 6.03. The van der Waals surface area contributed by atoms with E-state index >= 15 is 0 Å². The average molecular weight is 228 g/mol. The van der Waals surface area contributed by atoms with Crippen molar-refractivity contribution in [2.45, 2.75) is 19.8 Å². The second kappa shape index (κ2) is 4.64. The largest absolute Gasteiger partial charge is 0.481 e. The van der Waals surface area contributed by atoms with Gasteiger partial charge in [-0.15, -0.1) is 0 Å². The summed E-state index contributed by atoms with van der Waals surface area (Å²) in [6, 6.07) is 3.67. The fourth-order valence-corrected chi connectivity index (χ4v) is 2.16. The van der Waals surface area contributed by atoms with Gasteiger partial charge in [0.15, 0.2) is 0 Å². The van der Waals surface area contributed by atoms with Gasteiger partial charge in [0.2, 0.25) is 0 Å². The lowest BCUT2D eigenvalue weighted by Gasteiger charge is -2.15. The molecule has 1 rings (SSSR count). The molecule has 1 aromatic rings. The van der Waals surface area contributed by atoms with Gasteiger partial charge in [-0.05, 0) is 36.6 Å². The van der Waals surface area contributed by atoms with Gasteiger partial charge in [-0.3, -0.25) is 4.79 Å². The van der Waals surface area contributed by atoms with Crippen LogP contribution in [0.1, 0.15) is 22.6 Å². The Balaban J connectivity index is 3.29. The summed E-state index contributed by atoms with van der Waals surface area (Å²) in [4.78, 5) is 11.0. The Morgan fingerprint density at radius 3 is 2.53 bits per heavy atom. The van der Waals surface area contributed by atoms with Crippen molar-refractivity contribution in [1.29, 1.82) is 0 Å². The Morgan fingerprint density at radius 1 is 1.53 bits per heavy atom. The number of carbonyl (C=O) groups is 1. The van der Waals surface area contributed by atoms with E-state index in [1.165, 1.54) is 0 Å². The number of hydrogen-bond donors (Lipinski definition) is 2. The maximum absolute atomic E-state index is 11.0. The van der Waals surface area contributed by atoms with Crippen molar-refractivity contribution >= 4 is 17.6 Å². The number of aliphatic carboxylic acids is 1. The van der Waals surface area contributed by atoms with E-state index in [1.807, 2.05) is 19.9 Å². The zero-order valence-electron chi connectivity index (χ0n) is 8.75. The number of rotatable bonds is 3. The smallest absolute Gasteiger partial charge is 0.312 e. The maximum Gasteiger partial charge on any atom is 0.312 e. The lowest BCUT2D eigenvalue weighted by molar-refractivity contribution is -0.138. The number of benzene rings is 1. The monoisotopic (exact) mass is 227 g/mol. The van der Waals surface area contributed by atoms with Gasteiger partial charge in [0.05, 0.1) is 5.92 Å². The standard InChI is InChI=1S/C11H14ClNO2/c1-6-3-7(2)10(9(12)4-6)8(5-13)11(14)15/h3-4,8H,5,13H2,1-2H3,(H,14,15). The molecule has 4 heteroatoms. The topological polar surface area (TPSA) is 63.3 Å². The highest BCUT2D eigenvalue weighted by molar-refractivity contribution is 6.31. The molecule has 0 aliphatic carbocycles. The zero-order valence-corrected chi connectivity index (χ0v) is 9.51. The van der Waals surface area contributed by atoms with Gasteiger partial charge < -0.3 is 10.8 Å². The second-order valence-corrected chi connectivity index (χ2v) is 4.01. The van der Waals surface area contributed by atoms with Crippen LogP contribution in [0.3, 0.4) is 0 Å². The Morgan fingerprint density at radius 2 is 2.13 bits per heavy atom. The van der Waals surface area contributed by atoms with E-state index in [2.05, 4.69) is 0 Å². The van der Waals surface area contributed by atoms with E-state index in [1.54, 1.807) is 6.07 Å². The van der Waals surface area contributed by atoms with Crippen molar-refractivity contribution in [3.05, 3.63) is 33.8 Å². The van der Waals surface area contributed by atoms with E-state index in [0.29, 0.717) is 10.6 Å². The van der Waals surface area contributed by atoms with Gasteiger partial charge in [-0.25, -0.2) is 0 Å². The van der Waals surface area contributed by atoms with E-state index in [0.717, 1.165) is 11.1 Å². The molecule has 82 valence electrons. The molecule has 15 heavy (non-hydrogen) atoms. The predicted molar refractivity (Wildman–Crippen MR) is 60.4 cm³/mol. The quantitative estimate of drug-likeness (QED) is 0.831. The van der Waals surface area contributed by atoms with Crippen LogP contribution in [0.2, 0.25) is 5.02 Å². The zero-order chi connectivity index (χ0) is 11.6. The van der Waals surface area contributed by atoms with Crippen LogP contribution in [0.5, 0.6) is 0 Å². The van der Waals surface area contributed by atoms with Gasteiger partial charge in [-0.1, -0.05) is 17.7 Å². The molecule has 0 aliphatic rings. The Labute approximate surface area is 93.9 Å². The molecule has 0 aliphatic heterocycles. The van der Waals surface area contributed by atoms with Crippen molar-refractivity contribution in [2.75, 3.05) is 6.54 Å². The highest BCUT2D eigenvalue weighted by Crippen LogP contribution is 2.29. The first kappa shape index (κ1) is 12.0. The van der Waals surface area contributed by atoms with Gasteiger partial charge >= 0.3 is 5.97 Å². The van der Waals surface area contributed by atoms with E-state index < -0.39 is 11.9 Å². The molecule has 0 aromatic heterocycles. The molecule has 0 bridgehead atoms. The third-order valence-corrected chi connectivity index (χ3v) is 2.68. The lowest BCUT2D eigenvalue weighted by atomic mass is 9.93. The van der Waals surface area contributed by atoms with Gasteiger partial charge in [0.1, 0.15) is 0 Å². The molecule has 0 fully saturated rings. The molecule has 3 nitrogen and oxygen atoms in total. The van der Waals surface area contributed by atoms with Crippen LogP contribution >= 0.6 is 11.6 Å². The number of aryl methyl sites for hydroxylation is 2. The molecular weight excluding hydrogens is 214 g/mol. The summed E-state index contributed by atoms with van der Waals surface area (Å²) in [5.41, 5.74) is 7.95. The van der Waals surface area contributed by atoms with Crippen LogP contribution in [0, 0.1) is 13.8 Å². The lowest BCUT2D eigenvalue weighted by Crippen LogP contribution is -2.22. The highest BCUT2D eigenvalue weighted by atomic mass is 35.5. The average Bonchev–Trinajstić information content (AvgIpc) is 2.09. The van der Waals surface area contributed by atoms with Crippen molar-refractivity contribution in [3.63, 3.8) is 0 Å². The Bertz CT molecular complexity index is 367. The van der Waals surface area contributed by atoms with Crippen LogP contribution in [0.4, 0.5) is 0 Å². The summed E-state index contributed by atoms with van der Waals surface area (Å²) in [5, 5.41) is 9.48. The fraction of sp³-hybridized carbons (Fsp3) is 0.364. The molecule has 1 aromatic carbocycles. The van der Waals surface area contributed by atoms with Crippen LogP contribution in [0.25, 0.3) is 0 Å². The van der Waals surface area contributed by atoms with Crippen LogP contribution in [-0.2, 0) is 4.79 Å². The summed E-state index contributed by atoms with van der Waals surface area (Å²) in [6.45, 7) is 3.82. The minimum atomic E-state index is -0.939. The van der Waals surface area contributed by atoms with E-state index in [4.69, 9.17) is 22.4 Å². The molecule has 0 heterocycles. The van der Waals surface area contributed by atoms with Crippen molar-refractivity contribution in [2.24, 2.45) is 5.73 Å². The first-order valence-corrected chi connectivity index (χ1v) is 5.04. The minimum absolute atomic E-state index is 0.0545. The normalized spacial score (nSPS) is 12.5. The SMILES string of the molecule is Cc1cc(C)c(C(CN)C(=O)O)c(Cl)c1. The molecule has 3 N–H and O–H groups in total. The molecule has 1 unspecified atom stereocenters. The van der Waals surface area contributed by atoms with Crippen molar-refractivity contribution in [1.82, 2.24) is 0 Å². The third-order valence-electron chi connectivity index (χ3n) is 2.36. The number of halogens is 1. The number of carboxylic acid groups (broad SMARTS) is 1. The van der Waals surface area contributed by atoms with Crippen LogP contribution in [0.15, 0.2) is 12.1 Å². The Hall–Kier alpha value is -1.06. The van der Waals surface area contributed by atoms with Crippen LogP contribution < -0.4 is 5.73 Å². The summed E-state index contributed by atoms with van der Waals surface area (Å²) in [7, 11) is 0. The maximum atomic E-state index is 11.0. The predicted octanol–water partition coefficient (Wildman–Crippen LogP) is 2.08. The minimum Gasteiger partial charge on any atom is -0.481 e. The third kappa shape index (κ3) is 2.49. The van der Waals surface area contributed by atoms with Crippen molar-refractivity contribution < 1.29 is 9.90 Å². The second-order valence-electron chi connectivity index (χ2n) is 3.60. The first-order valence-electron chi connectivity index (χ1n) is 4.67. The fourth-order valence-electron chi connectivity index (χ4n) is 1.71. The number of hydrogen-bond acceptors (Lipinski definition) is 2. The molecule has 0 saturated carbocycles. The first-order chi connectivity index (χ1) is 6.97. The number of nitrogens with two attached hydrogens (primary N) is 1. The molecule has 0 saturated heterocycles. The summed E-state index contributed by atoms with van der Waals surface area (Å²) in [6.07, 6.45) is 0. The summed E-state index contributed by atoms with van der Waals surface area (Å²) < 4.78 is 0. The van der Waals surface area contributed by atoms with Gasteiger partial charge in [0.25, 0.3) is 0 Å². The molecule has 1 atom stereocenters. The van der Waals surface area contributed by atoms with E-state index in [-0.39, 0.29) is 6.54 Å². The summed E-state index contributed by atoms with van der Waals surface area (Å²) in [5.74, 6) is -1.66. The van der Waals surface area contributed by atoms with Gasteiger partial charge in [0, 0.05) is 11.6 Å². The molecule has 0 amide bonds. The molecule has 0 radical (unpaired) electrons. The number of carboxylic acids is 1. The molecular formula is C11H14ClNO2. The van der Waals surface area contributed by atoms with Crippen molar-refractivity contribution in [3.8, 4) is 0 Å². The molecule has 0 spiro atoms. The van der Waals surface area contributed by atoms with Crippen LogP contribution in [-0.4, -0.2) is 17.6 Å². The Kier molecular flexibility index (Phi) is 3.72.